The van der Waals surface area contributed by atoms with E-state index in [2.05, 4.69) is 20.7 Å². The van der Waals surface area contributed by atoms with Gasteiger partial charge >= 0.3 is 0 Å². The average Bonchev–Trinajstić information content (AvgIpc) is 3.51. The van der Waals surface area contributed by atoms with Crippen LogP contribution in [-0.2, 0) is 17.8 Å². The summed E-state index contributed by atoms with van der Waals surface area (Å²) in [6.07, 6.45) is 2.06. The van der Waals surface area contributed by atoms with Crippen molar-refractivity contribution in [2.24, 2.45) is 0 Å². The fraction of sp³-hybridized carbons (Fsp3) is 0.182. The Labute approximate surface area is 187 Å². The summed E-state index contributed by atoms with van der Waals surface area (Å²) >= 11 is 1.27. The Morgan fingerprint density at radius 2 is 1.97 bits per heavy atom. The number of carbonyl (C=O) groups is 2. The molecule has 32 heavy (non-hydrogen) atoms. The summed E-state index contributed by atoms with van der Waals surface area (Å²) in [5.41, 5.74) is 2.38. The number of carbonyl (C=O) groups excluding carboxylic acids is 2. The summed E-state index contributed by atoms with van der Waals surface area (Å²) in [6, 6.07) is 9.45. The first kappa shape index (κ1) is 21.4. The van der Waals surface area contributed by atoms with E-state index >= 15 is 0 Å². The monoisotopic (exact) mass is 453 g/mol. The van der Waals surface area contributed by atoms with Crippen LogP contribution in [0.3, 0.4) is 0 Å². The van der Waals surface area contributed by atoms with E-state index in [1.807, 2.05) is 6.92 Å². The van der Waals surface area contributed by atoms with Crippen LogP contribution < -0.4 is 10.6 Å². The van der Waals surface area contributed by atoms with Gasteiger partial charge < -0.3 is 9.73 Å². The van der Waals surface area contributed by atoms with E-state index in [0.717, 1.165) is 0 Å². The first-order chi connectivity index (χ1) is 15.4. The highest BCUT2D eigenvalue weighted by atomic mass is 32.1. The minimum atomic E-state index is -0.338. The number of hydrogen-bond donors (Lipinski definition) is 2. The maximum atomic E-state index is 13.2. The van der Waals surface area contributed by atoms with Crippen LogP contribution >= 0.6 is 11.3 Å². The molecule has 0 aliphatic carbocycles. The Morgan fingerprint density at radius 3 is 2.69 bits per heavy atom. The molecule has 0 radical (unpaired) electrons. The number of thiazole rings is 1. The smallest absolute Gasteiger partial charge is 0.260 e. The van der Waals surface area contributed by atoms with Gasteiger partial charge in [-0.1, -0.05) is 6.92 Å². The van der Waals surface area contributed by atoms with Crippen molar-refractivity contribution < 1.29 is 18.4 Å². The zero-order valence-electron chi connectivity index (χ0n) is 17.4. The van der Waals surface area contributed by atoms with Crippen molar-refractivity contribution in [1.29, 1.82) is 0 Å². The Hall–Kier alpha value is -3.79. The predicted molar refractivity (Wildman–Crippen MR) is 118 cm³/mol. The first-order valence-corrected chi connectivity index (χ1v) is 10.8. The lowest BCUT2D eigenvalue weighted by Gasteiger charge is -2.07. The molecule has 8 nitrogen and oxygen atoms in total. The molecule has 0 spiro atoms. The minimum Gasteiger partial charge on any atom is -0.458 e. The lowest BCUT2D eigenvalue weighted by Crippen LogP contribution is -2.18. The number of hydrogen-bond acceptors (Lipinski definition) is 6. The molecular weight excluding hydrogens is 433 g/mol. The van der Waals surface area contributed by atoms with Crippen molar-refractivity contribution >= 4 is 28.3 Å². The Kier molecular flexibility index (Phi) is 6.13. The molecule has 0 fully saturated rings. The number of halogens is 1. The SMILES string of the molecule is CCc1c(C(=O)Nc2nc(-c3ccc(CNC(C)=O)o3)cs2)cnn1-c1ccc(F)cc1. The number of rotatable bonds is 7. The lowest BCUT2D eigenvalue weighted by atomic mass is 10.2. The van der Waals surface area contributed by atoms with E-state index in [9.17, 15) is 14.0 Å². The molecular formula is C22H20FN5O3S. The summed E-state index contributed by atoms with van der Waals surface area (Å²) in [4.78, 5) is 28.3. The predicted octanol–water partition coefficient (Wildman–Crippen LogP) is 4.18. The molecule has 2 amide bonds. The Bertz CT molecular complexity index is 1260. The number of furan rings is 1. The Balaban J connectivity index is 1.49. The molecule has 0 aliphatic rings. The zero-order valence-corrected chi connectivity index (χ0v) is 18.2. The van der Waals surface area contributed by atoms with Gasteiger partial charge in [0, 0.05) is 12.3 Å². The summed E-state index contributed by atoms with van der Waals surface area (Å²) in [5.74, 6) is 0.336. The molecule has 10 heteroatoms. The van der Waals surface area contributed by atoms with Gasteiger partial charge in [0.2, 0.25) is 5.91 Å². The van der Waals surface area contributed by atoms with Crippen molar-refractivity contribution in [3.63, 3.8) is 0 Å². The van der Waals surface area contributed by atoms with Crippen LogP contribution in [0.1, 0.15) is 35.7 Å². The van der Waals surface area contributed by atoms with Crippen molar-refractivity contribution in [1.82, 2.24) is 20.1 Å². The quantitative estimate of drug-likeness (QED) is 0.437. The first-order valence-electron chi connectivity index (χ1n) is 9.88. The summed E-state index contributed by atoms with van der Waals surface area (Å²) in [5, 5.41) is 12.0. The fourth-order valence-electron chi connectivity index (χ4n) is 3.14. The summed E-state index contributed by atoms with van der Waals surface area (Å²) < 4.78 is 20.6. The number of aromatic nitrogens is 3. The van der Waals surface area contributed by atoms with E-state index in [1.54, 1.807) is 34.3 Å². The number of benzene rings is 1. The van der Waals surface area contributed by atoms with Gasteiger partial charge in [-0.25, -0.2) is 14.1 Å². The lowest BCUT2D eigenvalue weighted by molar-refractivity contribution is -0.119. The van der Waals surface area contributed by atoms with Crippen LogP contribution in [0, 0.1) is 5.82 Å². The van der Waals surface area contributed by atoms with Crippen LogP contribution in [0.4, 0.5) is 9.52 Å². The molecule has 0 atom stereocenters. The number of nitrogens with zero attached hydrogens (tertiary/aromatic N) is 3. The van der Waals surface area contributed by atoms with Crippen LogP contribution in [-0.4, -0.2) is 26.6 Å². The van der Waals surface area contributed by atoms with Gasteiger partial charge in [0.15, 0.2) is 10.9 Å². The summed E-state index contributed by atoms with van der Waals surface area (Å²) in [7, 11) is 0. The maximum Gasteiger partial charge on any atom is 0.260 e. The second-order valence-electron chi connectivity index (χ2n) is 6.91. The van der Waals surface area contributed by atoms with Crippen molar-refractivity contribution in [3.05, 3.63) is 70.8 Å². The third-order valence-corrected chi connectivity index (χ3v) is 5.43. The van der Waals surface area contributed by atoms with E-state index in [-0.39, 0.29) is 17.6 Å². The zero-order chi connectivity index (χ0) is 22.7. The van der Waals surface area contributed by atoms with Crippen LogP contribution in [0.5, 0.6) is 0 Å². The van der Waals surface area contributed by atoms with E-state index in [0.29, 0.717) is 52.3 Å². The largest absolute Gasteiger partial charge is 0.458 e. The normalized spacial score (nSPS) is 10.8. The van der Waals surface area contributed by atoms with Crippen molar-refractivity contribution in [2.75, 3.05) is 5.32 Å². The van der Waals surface area contributed by atoms with Gasteiger partial charge in [0.25, 0.3) is 5.91 Å². The highest BCUT2D eigenvalue weighted by molar-refractivity contribution is 7.14. The summed E-state index contributed by atoms with van der Waals surface area (Å²) in [6.45, 7) is 3.65. The molecule has 3 heterocycles. The third kappa shape index (κ3) is 4.59. The minimum absolute atomic E-state index is 0.143. The third-order valence-electron chi connectivity index (χ3n) is 4.67. The van der Waals surface area contributed by atoms with Crippen LogP contribution in [0.15, 0.2) is 52.4 Å². The molecule has 4 aromatic rings. The van der Waals surface area contributed by atoms with Gasteiger partial charge in [-0.05, 0) is 42.8 Å². The van der Waals surface area contributed by atoms with E-state index in [1.165, 1.54) is 36.6 Å². The van der Waals surface area contributed by atoms with Crippen molar-refractivity contribution in [2.45, 2.75) is 26.8 Å². The highest BCUT2D eigenvalue weighted by Crippen LogP contribution is 2.27. The topological polar surface area (TPSA) is 102 Å². The number of anilines is 1. The van der Waals surface area contributed by atoms with E-state index in [4.69, 9.17) is 4.42 Å². The van der Waals surface area contributed by atoms with Gasteiger partial charge in [-0.15, -0.1) is 11.3 Å². The maximum absolute atomic E-state index is 13.2. The molecule has 164 valence electrons. The molecule has 4 rings (SSSR count). The molecule has 3 aromatic heterocycles. The van der Waals surface area contributed by atoms with Gasteiger partial charge in [0.1, 0.15) is 17.3 Å². The molecule has 2 N–H and O–H groups in total. The molecule has 0 saturated carbocycles. The molecule has 0 bridgehead atoms. The number of amides is 2. The van der Waals surface area contributed by atoms with Gasteiger partial charge in [-0.3, -0.25) is 14.9 Å². The Morgan fingerprint density at radius 1 is 1.19 bits per heavy atom. The van der Waals surface area contributed by atoms with Gasteiger partial charge in [0.05, 0.1) is 29.7 Å². The van der Waals surface area contributed by atoms with E-state index < -0.39 is 0 Å². The standard InChI is InChI=1S/C22H20FN5O3S/c1-3-19-17(11-25-28(19)15-6-4-14(23)5-7-15)21(30)27-22-26-18(12-32-22)20-9-8-16(31-20)10-24-13(2)29/h4-9,11-12H,3,10H2,1-2H3,(H,24,29)(H,26,27,30). The van der Waals surface area contributed by atoms with Crippen LogP contribution in [0.2, 0.25) is 0 Å². The fourth-order valence-corrected chi connectivity index (χ4v) is 3.83. The highest BCUT2D eigenvalue weighted by Gasteiger charge is 2.19. The second-order valence-corrected chi connectivity index (χ2v) is 7.77. The molecule has 0 saturated heterocycles. The second kappa shape index (κ2) is 9.15. The van der Waals surface area contributed by atoms with Crippen LogP contribution in [0.25, 0.3) is 17.1 Å². The molecule has 1 aromatic carbocycles. The molecule has 0 aliphatic heterocycles. The average molecular weight is 453 g/mol. The van der Waals surface area contributed by atoms with Gasteiger partial charge in [-0.2, -0.15) is 5.10 Å². The number of nitrogens with one attached hydrogen (secondary N) is 2. The molecule has 0 unspecified atom stereocenters. The van der Waals surface area contributed by atoms with Crippen molar-refractivity contribution in [3.8, 4) is 17.1 Å².